The van der Waals surface area contributed by atoms with Gasteiger partial charge < -0.3 is 4.90 Å². The molecule has 0 bridgehead atoms. The molecule has 7 nitrogen and oxygen atoms in total. The summed E-state index contributed by atoms with van der Waals surface area (Å²) in [5.41, 5.74) is 3.01. The molecule has 1 aliphatic heterocycles. The zero-order valence-corrected chi connectivity index (χ0v) is 16.5. The Bertz CT molecular complexity index is 966. The van der Waals surface area contributed by atoms with Crippen LogP contribution in [0.5, 0.6) is 0 Å². The number of nitrogens with zero attached hydrogens (tertiary/aromatic N) is 6. The highest BCUT2D eigenvalue weighted by Crippen LogP contribution is 2.20. The van der Waals surface area contributed by atoms with Crippen molar-refractivity contribution in [2.45, 2.75) is 39.7 Å². The van der Waals surface area contributed by atoms with Gasteiger partial charge in [-0.1, -0.05) is 31.2 Å². The van der Waals surface area contributed by atoms with E-state index >= 15 is 0 Å². The van der Waals surface area contributed by atoms with E-state index in [2.05, 4.69) is 34.1 Å². The summed E-state index contributed by atoms with van der Waals surface area (Å²) in [4.78, 5) is 23.7. The Kier molecular flexibility index (Phi) is 5.32. The minimum Gasteiger partial charge on any atom is -0.337 e. The molecule has 1 atom stereocenters. The van der Waals surface area contributed by atoms with Gasteiger partial charge in [-0.25, -0.2) is 4.98 Å². The Balaban J connectivity index is 1.42. The summed E-state index contributed by atoms with van der Waals surface area (Å²) in [5.74, 6) is 0.901. The molecular weight excluding hydrogens is 352 g/mol. The molecule has 4 rings (SSSR count). The van der Waals surface area contributed by atoms with E-state index in [1.54, 1.807) is 6.20 Å². The van der Waals surface area contributed by atoms with Crippen LogP contribution in [0, 0.1) is 11.8 Å². The number of rotatable bonds is 5. The van der Waals surface area contributed by atoms with E-state index in [-0.39, 0.29) is 5.91 Å². The first-order chi connectivity index (χ1) is 13.6. The third-order valence-electron chi connectivity index (χ3n) is 5.12. The zero-order valence-electron chi connectivity index (χ0n) is 16.5. The van der Waals surface area contributed by atoms with Crippen molar-refractivity contribution >= 4 is 16.9 Å². The standard InChI is InChI=1S/C21H26N6O/c1-15(2)10-17-14-27(25-24-17)13-16-6-5-9-26(12-16)21(28)20-11-22-18-7-3-4-8-19(18)23-20/h3-4,7-8,11,14-16H,5-6,9-10,12-13H2,1-2H3/t16-/m1/s1. The first kappa shape index (κ1) is 18.5. The summed E-state index contributed by atoms with van der Waals surface area (Å²) in [6.07, 6.45) is 6.65. The summed E-state index contributed by atoms with van der Waals surface area (Å²) < 4.78 is 1.92. The van der Waals surface area contributed by atoms with Crippen LogP contribution in [0.2, 0.25) is 0 Å². The van der Waals surface area contributed by atoms with E-state index in [0.29, 0.717) is 24.1 Å². The maximum Gasteiger partial charge on any atom is 0.274 e. The van der Waals surface area contributed by atoms with Gasteiger partial charge in [-0.15, -0.1) is 5.10 Å². The van der Waals surface area contributed by atoms with E-state index in [1.807, 2.05) is 40.0 Å². The first-order valence-electron chi connectivity index (χ1n) is 9.98. The van der Waals surface area contributed by atoms with Crippen LogP contribution in [0.1, 0.15) is 42.9 Å². The van der Waals surface area contributed by atoms with Crippen molar-refractivity contribution in [2.24, 2.45) is 11.8 Å². The van der Waals surface area contributed by atoms with Crippen LogP contribution in [0.3, 0.4) is 0 Å². The maximum absolute atomic E-state index is 13.0. The van der Waals surface area contributed by atoms with Gasteiger partial charge in [-0.05, 0) is 43.2 Å². The van der Waals surface area contributed by atoms with E-state index in [0.717, 1.165) is 49.1 Å². The van der Waals surface area contributed by atoms with Crippen molar-refractivity contribution in [3.8, 4) is 0 Å². The Labute approximate surface area is 164 Å². The third kappa shape index (κ3) is 4.18. The third-order valence-corrected chi connectivity index (χ3v) is 5.12. The van der Waals surface area contributed by atoms with E-state index in [1.165, 1.54) is 0 Å². The van der Waals surface area contributed by atoms with E-state index < -0.39 is 0 Å². The van der Waals surface area contributed by atoms with Crippen molar-refractivity contribution in [3.05, 3.63) is 48.0 Å². The molecule has 2 aromatic heterocycles. The van der Waals surface area contributed by atoms with Crippen LogP contribution in [0.25, 0.3) is 11.0 Å². The number of fused-ring (bicyclic) bond motifs is 1. The van der Waals surface area contributed by atoms with E-state index in [4.69, 9.17) is 0 Å². The summed E-state index contributed by atoms with van der Waals surface area (Å²) in [5, 5.41) is 8.53. The minimum absolute atomic E-state index is 0.0398. The van der Waals surface area contributed by atoms with Crippen molar-refractivity contribution in [1.82, 2.24) is 29.9 Å². The summed E-state index contributed by atoms with van der Waals surface area (Å²) in [7, 11) is 0. The molecule has 0 unspecified atom stereocenters. The Morgan fingerprint density at radius 3 is 2.89 bits per heavy atom. The molecular formula is C21H26N6O. The largest absolute Gasteiger partial charge is 0.337 e. The number of piperidine rings is 1. The van der Waals surface area contributed by atoms with Crippen LogP contribution >= 0.6 is 0 Å². The second-order valence-corrected chi connectivity index (χ2v) is 8.03. The fourth-order valence-electron chi connectivity index (χ4n) is 3.82. The highest BCUT2D eigenvalue weighted by atomic mass is 16.2. The van der Waals surface area contributed by atoms with Crippen LogP contribution in [-0.2, 0) is 13.0 Å². The summed E-state index contributed by atoms with van der Waals surface area (Å²) >= 11 is 0. The van der Waals surface area contributed by atoms with Gasteiger partial charge in [-0.2, -0.15) is 0 Å². The number of benzene rings is 1. The molecule has 1 saturated heterocycles. The topological polar surface area (TPSA) is 76.8 Å². The molecule has 7 heteroatoms. The lowest BCUT2D eigenvalue weighted by Gasteiger charge is -2.32. The number of carbonyl (C=O) groups is 1. The van der Waals surface area contributed by atoms with Gasteiger partial charge >= 0.3 is 0 Å². The lowest BCUT2D eigenvalue weighted by atomic mass is 9.97. The normalized spacial score (nSPS) is 17.4. The predicted molar refractivity (Wildman–Crippen MR) is 107 cm³/mol. The fraction of sp³-hybridized carbons (Fsp3) is 0.476. The minimum atomic E-state index is -0.0398. The molecule has 28 heavy (non-hydrogen) atoms. The Morgan fingerprint density at radius 1 is 1.25 bits per heavy atom. The quantitative estimate of drug-likeness (QED) is 0.682. The number of carbonyl (C=O) groups excluding carboxylic acids is 1. The zero-order chi connectivity index (χ0) is 19.5. The number of aromatic nitrogens is 5. The lowest BCUT2D eigenvalue weighted by molar-refractivity contribution is 0.0653. The first-order valence-corrected chi connectivity index (χ1v) is 9.98. The fourth-order valence-corrected chi connectivity index (χ4v) is 3.82. The molecule has 3 heterocycles. The van der Waals surface area contributed by atoms with Gasteiger partial charge in [-0.3, -0.25) is 14.5 Å². The second kappa shape index (κ2) is 8.04. The molecule has 3 aromatic rings. The molecule has 0 saturated carbocycles. The van der Waals surface area contributed by atoms with Crippen LogP contribution < -0.4 is 0 Å². The van der Waals surface area contributed by atoms with Crippen molar-refractivity contribution in [2.75, 3.05) is 13.1 Å². The smallest absolute Gasteiger partial charge is 0.274 e. The molecule has 1 aromatic carbocycles. The van der Waals surface area contributed by atoms with Gasteiger partial charge in [0.25, 0.3) is 5.91 Å². The molecule has 0 N–H and O–H groups in total. The van der Waals surface area contributed by atoms with Crippen LogP contribution in [0.4, 0.5) is 0 Å². The number of amides is 1. The highest BCUT2D eigenvalue weighted by Gasteiger charge is 2.26. The molecule has 1 aliphatic rings. The number of para-hydroxylation sites is 2. The van der Waals surface area contributed by atoms with Crippen LogP contribution in [0.15, 0.2) is 36.7 Å². The molecule has 1 fully saturated rings. The highest BCUT2D eigenvalue weighted by molar-refractivity contribution is 5.93. The monoisotopic (exact) mass is 378 g/mol. The van der Waals surface area contributed by atoms with E-state index in [9.17, 15) is 4.79 Å². The SMILES string of the molecule is CC(C)Cc1cn(C[C@@H]2CCCN(C(=O)c3cnc4ccccc4n3)C2)nn1. The molecule has 0 aliphatic carbocycles. The molecule has 0 spiro atoms. The van der Waals surface area contributed by atoms with Gasteiger partial charge in [0.2, 0.25) is 0 Å². The van der Waals surface area contributed by atoms with Crippen LogP contribution in [-0.4, -0.2) is 48.9 Å². The Morgan fingerprint density at radius 2 is 2.07 bits per heavy atom. The van der Waals surface area contributed by atoms with Gasteiger partial charge in [0, 0.05) is 25.8 Å². The number of hydrogen-bond acceptors (Lipinski definition) is 5. The van der Waals surface area contributed by atoms with Crippen molar-refractivity contribution in [3.63, 3.8) is 0 Å². The maximum atomic E-state index is 13.0. The second-order valence-electron chi connectivity index (χ2n) is 8.03. The lowest BCUT2D eigenvalue weighted by Crippen LogP contribution is -2.41. The van der Waals surface area contributed by atoms with Crippen molar-refractivity contribution < 1.29 is 4.79 Å². The summed E-state index contributed by atoms with van der Waals surface area (Å²) in [6.45, 7) is 6.63. The average Bonchev–Trinajstić information content (AvgIpc) is 3.13. The van der Waals surface area contributed by atoms with Gasteiger partial charge in [0.05, 0.1) is 22.9 Å². The molecule has 146 valence electrons. The van der Waals surface area contributed by atoms with Crippen molar-refractivity contribution in [1.29, 1.82) is 0 Å². The Hall–Kier alpha value is -2.83. The van der Waals surface area contributed by atoms with Gasteiger partial charge in [0.1, 0.15) is 5.69 Å². The summed E-state index contributed by atoms with van der Waals surface area (Å²) in [6, 6.07) is 7.62. The number of likely N-dealkylation sites (tertiary alicyclic amines) is 1. The predicted octanol–water partition coefficient (Wildman–Crippen LogP) is 2.97. The van der Waals surface area contributed by atoms with Gasteiger partial charge in [0.15, 0.2) is 0 Å². The average molecular weight is 378 g/mol. The molecule has 1 amide bonds. The molecule has 0 radical (unpaired) electrons. The number of hydrogen-bond donors (Lipinski definition) is 0.